The number of carboxylic acids is 2. The van der Waals surface area contributed by atoms with E-state index in [1.54, 1.807) is 0 Å². The van der Waals surface area contributed by atoms with Crippen molar-refractivity contribution in [1.29, 1.82) is 0 Å². The van der Waals surface area contributed by atoms with E-state index in [0.29, 0.717) is 0 Å². The Morgan fingerprint density at radius 2 is 1.15 bits per heavy atom. The van der Waals surface area contributed by atoms with Crippen LogP contribution in [0.4, 0.5) is 0 Å². The van der Waals surface area contributed by atoms with Crippen LogP contribution in [0.1, 0.15) is 110 Å². The van der Waals surface area contributed by atoms with Gasteiger partial charge in [-0.15, -0.1) is 0 Å². The summed E-state index contributed by atoms with van der Waals surface area (Å²) >= 11 is 1.02. The zero-order valence-corrected chi connectivity index (χ0v) is 24.7. The van der Waals surface area contributed by atoms with Gasteiger partial charge in [0.1, 0.15) is 0 Å². The molecule has 192 valence electrons. The first-order valence-corrected chi connectivity index (χ1v) is 16.4. The number of hydrogen-bond acceptors (Lipinski definition) is 5. The van der Waals surface area contributed by atoms with E-state index in [0.717, 1.165) is 62.2 Å². The van der Waals surface area contributed by atoms with Gasteiger partial charge in [-0.2, -0.15) is 8.42 Å². The van der Waals surface area contributed by atoms with Gasteiger partial charge in [0.25, 0.3) is 10.1 Å². The van der Waals surface area contributed by atoms with Crippen LogP contribution in [0.25, 0.3) is 0 Å². The maximum absolute atomic E-state index is 10.2. The third kappa shape index (κ3) is 28.6. The standard InChI is InChI=1S/C19H39O.C4H6O7S.K/c1-3-5-6-7-8-9-10-11-12-13-14-15-16-17-19-20-18-4-2;5-3(6)1-2(4(7)8)12(9,10)11;/h2-19H2,1H3;2H,1H2,(H,5,6)(H,7,8)(H,9,10,11);. The monoisotopic (exact) mass is 520 g/mol. The van der Waals surface area contributed by atoms with Gasteiger partial charge in [-0.3, -0.25) is 14.1 Å². The van der Waals surface area contributed by atoms with Crippen LogP contribution >= 0.6 is 0 Å². The Balaban J connectivity index is 0. The first kappa shape index (κ1) is 35.6. The van der Waals surface area contributed by atoms with Crippen molar-refractivity contribution in [1.82, 2.24) is 0 Å². The fourth-order valence-corrected chi connectivity index (χ4v) is 4.28. The molecule has 0 aromatic carbocycles. The molecule has 0 aliphatic carbocycles. The largest absolute Gasteiger partial charge is 0.481 e. The fraction of sp³-hybridized carbons (Fsp3) is 0.913. The molecule has 0 aliphatic heterocycles. The maximum Gasteiger partial charge on any atom is 0.325 e. The van der Waals surface area contributed by atoms with Crippen LogP contribution in [0, 0.1) is 0 Å². The van der Waals surface area contributed by atoms with Gasteiger partial charge < -0.3 is 10.2 Å². The average molecular weight is 521 g/mol. The Morgan fingerprint density at radius 3 is 1.45 bits per heavy atom. The number of hydrogen-bond donors (Lipinski definition) is 3. The molecule has 10 heteroatoms. The molecule has 0 radical (unpaired) electrons. The van der Waals surface area contributed by atoms with Crippen LogP contribution in [0.3, 0.4) is 0 Å². The predicted molar refractivity (Wildman–Crippen MR) is 132 cm³/mol. The minimum Gasteiger partial charge on any atom is -0.481 e. The first-order chi connectivity index (χ1) is 15.7. The SMILES string of the molecule is CCCCCCCCCCCCCCCCOCC[CH2][K].O=C(O)CC(C(=O)O)S(=O)(=O)O. The summed E-state index contributed by atoms with van der Waals surface area (Å²) in [5, 5.41) is 13.9. The molecule has 3 N–H and O–H groups in total. The number of rotatable bonds is 22. The summed E-state index contributed by atoms with van der Waals surface area (Å²) in [4.78, 5) is 20.0. The van der Waals surface area contributed by atoms with Crippen molar-refractivity contribution in [2.24, 2.45) is 0 Å². The third-order valence-corrected chi connectivity index (χ3v) is 7.47. The molecule has 0 aromatic rings. The van der Waals surface area contributed by atoms with E-state index >= 15 is 0 Å². The van der Waals surface area contributed by atoms with Crippen molar-refractivity contribution in [3.05, 3.63) is 0 Å². The Bertz CT molecular complexity index is 551. The number of unbranched alkanes of at least 4 members (excludes halogenated alkanes) is 13. The number of carbonyl (C=O) groups is 2. The molecule has 0 aliphatic rings. The minimum absolute atomic E-state index is 1.00. The topological polar surface area (TPSA) is 138 Å². The smallest absolute Gasteiger partial charge is 0.325 e. The summed E-state index contributed by atoms with van der Waals surface area (Å²) in [6.07, 6.45) is 20.2. The number of carboxylic acid groups (broad SMARTS) is 2. The van der Waals surface area contributed by atoms with Crippen molar-refractivity contribution >= 4 is 71.0 Å². The van der Waals surface area contributed by atoms with E-state index in [1.807, 2.05) is 0 Å². The quantitative estimate of drug-likeness (QED) is 0.0997. The summed E-state index contributed by atoms with van der Waals surface area (Å²) in [5.74, 6) is -3.50. The second-order valence-corrected chi connectivity index (χ2v) is 11.7. The van der Waals surface area contributed by atoms with Gasteiger partial charge in [0.05, 0.1) is 6.42 Å². The third-order valence-electron chi connectivity index (χ3n) is 5.28. The average Bonchev–Trinajstić information content (AvgIpc) is 2.73. The van der Waals surface area contributed by atoms with Crippen LogP contribution in [0.5, 0.6) is 0 Å². The van der Waals surface area contributed by atoms with E-state index in [4.69, 9.17) is 19.5 Å². The number of ether oxygens (including phenoxy) is 1. The molecular formula is C23H45KO8S. The predicted octanol–water partition coefficient (Wildman–Crippen LogP) is 5.26. The van der Waals surface area contributed by atoms with E-state index < -0.39 is 33.7 Å². The van der Waals surface area contributed by atoms with Gasteiger partial charge in [-0.1, -0.05) is 51.9 Å². The molecule has 0 bridgehead atoms. The van der Waals surface area contributed by atoms with Gasteiger partial charge in [-0.05, 0) is 0 Å². The minimum atomic E-state index is -4.84. The molecule has 0 spiro atoms. The zero-order valence-electron chi connectivity index (χ0n) is 20.8. The van der Waals surface area contributed by atoms with Crippen LogP contribution in [-0.4, -0.2) is 103 Å². The summed E-state index contributed by atoms with van der Waals surface area (Å²) in [6.45, 7) is 4.31. The van der Waals surface area contributed by atoms with E-state index in [1.165, 1.54) is 96.8 Å². The van der Waals surface area contributed by atoms with Crippen LogP contribution in [0.2, 0.25) is 0.515 Å². The van der Waals surface area contributed by atoms with Gasteiger partial charge in [0.2, 0.25) is 0 Å². The van der Waals surface area contributed by atoms with Crippen molar-refractivity contribution in [3.8, 4) is 0 Å². The molecule has 0 rings (SSSR count). The molecule has 1 atom stereocenters. The van der Waals surface area contributed by atoms with Crippen molar-refractivity contribution in [2.75, 3.05) is 13.2 Å². The van der Waals surface area contributed by atoms with Gasteiger partial charge >= 0.3 is 131 Å². The molecular weight excluding hydrogens is 475 g/mol. The molecule has 0 amide bonds. The first-order valence-electron chi connectivity index (χ1n) is 12.6. The Kier molecular flexibility index (Phi) is 27.6. The molecule has 8 nitrogen and oxygen atoms in total. The van der Waals surface area contributed by atoms with E-state index in [2.05, 4.69) is 6.92 Å². The fourth-order valence-electron chi connectivity index (χ4n) is 3.23. The second kappa shape index (κ2) is 25.5. The summed E-state index contributed by atoms with van der Waals surface area (Å²) in [6, 6.07) is 0. The summed E-state index contributed by atoms with van der Waals surface area (Å²) in [7, 11) is -4.84. The van der Waals surface area contributed by atoms with Gasteiger partial charge in [0, 0.05) is 0 Å². The molecule has 0 saturated carbocycles. The van der Waals surface area contributed by atoms with E-state index in [-0.39, 0.29) is 0 Å². The van der Waals surface area contributed by atoms with Crippen molar-refractivity contribution in [3.63, 3.8) is 0 Å². The van der Waals surface area contributed by atoms with Crippen LogP contribution in [-0.2, 0) is 24.4 Å². The van der Waals surface area contributed by atoms with Crippen LogP contribution in [0.15, 0.2) is 0 Å². The second-order valence-electron chi connectivity index (χ2n) is 8.50. The molecule has 0 aromatic heterocycles. The van der Waals surface area contributed by atoms with Gasteiger partial charge in [0.15, 0.2) is 5.25 Å². The van der Waals surface area contributed by atoms with Gasteiger partial charge in [-0.25, -0.2) is 0 Å². The molecule has 1 unspecified atom stereocenters. The zero-order chi connectivity index (χ0) is 25.4. The normalized spacial score (nSPS) is 12.1. The molecule has 0 fully saturated rings. The van der Waals surface area contributed by atoms with Crippen molar-refractivity contribution in [2.45, 2.75) is 115 Å². The molecule has 0 heterocycles. The Morgan fingerprint density at radius 1 is 0.758 bits per heavy atom. The molecule has 33 heavy (non-hydrogen) atoms. The molecule has 0 saturated heterocycles. The Labute approximate surface area is 235 Å². The van der Waals surface area contributed by atoms with E-state index in [9.17, 15) is 18.0 Å². The van der Waals surface area contributed by atoms with Crippen LogP contribution < -0.4 is 0 Å². The summed E-state index contributed by atoms with van der Waals surface area (Å²) in [5.41, 5.74) is 0. The van der Waals surface area contributed by atoms with Crippen molar-refractivity contribution < 1.29 is 37.5 Å². The maximum atomic E-state index is 10.2. The Hall–Kier alpha value is 0.446. The summed E-state index contributed by atoms with van der Waals surface area (Å²) < 4.78 is 35.7. The number of aliphatic carboxylic acids is 2.